The van der Waals surface area contributed by atoms with Gasteiger partial charge in [-0.15, -0.1) is 0 Å². The lowest BCUT2D eigenvalue weighted by molar-refractivity contribution is -0.142. The fraction of sp³-hybridized carbons (Fsp3) is 0.467. The summed E-state index contributed by atoms with van der Waals surface area (Å²) in [6.07, 6.45) is 2.30. The number of carbonyl (C=O) groups excluding carboxylic acids is 1. The van der Waals surface area contributed by atoms with Crippen molar-refractivity contribution in [3.63, 3.8) is 0 Å². The van der Waals surface area contributed by atoms with Crippen LogP contribution in [0.2, 0.25) is 0 Å². The molecular weight excluding hydrogens is 288 g/mol. The molecule has 21 heavy (non-hydrogen) atoms. The van der Waals surface area contributed by atoms with Gasteiger partial charge in [-0.1, -0.05) is 37.3 Å². The predicted octanol–water partition coefficient (Wildman–Crippen LogP) is 1.64. The van der Waals surface area contributed by atoms with E-state index in [-0.39, 0.29) is 5.91 Å². The first-order valence-electron chi connectivity index (χ1n) is 6.80. The van der Waals surface area contributed by atoms with E-state index in [1.165, 1.54) is 0 Å². The second-order valence-corrected chi connectivity index (χ2v) is 5.89. The van der Waals surface area contributed by atoms with Crippen LogP contribution in [0.3, 0.4) is 0 Å². The molecule has 1 aromatic carbocycles. The molecule has 0 saturated carbocycles. The van der Waals surface area contributed by atoms with Gasteiger partial charge in [0.25, 0.3) is 0 Å². The summed E-state index contributed by atoms with van der Waals surface area (Å²) in [5, 5.41) is 11.7. The van der Waals surface area contributed by atoms with Crippen molar-refractivity contribution < 1.29 is 14.7 Å². The minimum atomic E-state index is -1.02. The molecule has 1 rings (SSSR count). The molecule has 0 fully saturated rings. The number of hydrogen-bond donors (Lipinski definition) is 3. The van der Waals surface area contributed by atoms with Crippen molar-refractivity contribution in [1.29, 1.82) is 0 Å². The number of hydrogen-bond acceptors (Lipinski definition) is 4. The average Bonchev–Trinajstić information content (AvgIpc) is 2.50. The third-order valence-corrected chi connectivity index (χ3v) is 4.01. The minimum absolute atomic E-state index is 0.333. The third kappa shape index (κ3) is 5.40. The molecule has 4 N–H and O–H groups in total. The Labute approximate surface area is 129 Å². The molecule has 5 nitrogen and oxygen atoms in total. The van der Waals surface area contributed by atoms with Crippen LogP contribution in [0.25, 0.3) is 0 Å². The lowest BCUT2D eigenvalue weighted by atomic mass is 9.94. The Kier molecular flexibility index (Phi) is 7.25. The first-order valence-corrected chi connectivity index (χ1v) is 8.19. The summed E-state index contributed by atoms with van der Waals surface area (Å²) in [6, 6.07) is 7.99. The summed E-state index contributed by atoms with van der Waals surface area (Å²) >= 11 is 1.55. The van der Waals surface area contributed by atoms with E-state index in [1.54, 1.807) is 18.7 Å². The smallest absolute Gasteiger partial charge is 0.326 e. The van der Waals surface area contributed by atoms with Crippen molar-refractivity contribution in [2.75, 3.05) is 12.0 Å². The van der Waals surface area contributed by atoms with Crippen LogP contribution in [0, 0.1) is 5.92 Å². The van der Waals surface area contributed by atoms with Gasteiger partial charge in [0.1, 0.15) is 6.04 Å². The zero-order valence-electron chi connectivity index (χ0n) is 12.3. The molecule has 1 amide bonds. The molecule has 0 aliphatic carbocycles. The summed E-state index contributed by atoms with van der Waals surface area (Å²) in [5.74, 6) is -1.17. The number of benzene rings is 1. The number of carboxylic acid groups (broad SMARTS) is 1. The van der Waals surface area contributed by atoms with Gasteiger partial charge in [-0.25, -0.2) is 4.79 Å². The lowest BCUT2D eigenvalue weighted by Crippen LogP contribution is -2.45. The number of aliphatic carboxylic acids is 1. The van der Waals surface area contributed by atoms with Crippen LogP contribution >= 0.6 is 11.8 Å². The van der Waals surface area contributed by atoms with Crippen molar-refractivity contribution in [2.45, 2.75) is 25.4 Å². The van der Waals surface area contributed by atoms with Crippen LogP contribution in [0.15, 0.2) is 30.3 Å². The summed E-state index contributed by atoms with van der Waals surface area (Å²) in [5.41, 5.74) is 6.94. The molecule has 3 unspecified atom stereocenters. The number of thioether (sulfide) groups is 1. The van der Waals surface area contributed by atoms with E-state index in [4.69, 9.17) is 10.8 Å². The fourth-order valence-corrected chi connectivity index (χ4v) is 2.39. The normalized spacial score (nSPS) is 15.0. The Hall–Kier alpha value is -1.53. The second-order valence-electron chi connectivity index (χ2n) is 4.91. The highest BCUT2D eigenvalue weighted by Crippen LogP contribution is 2.19. The van der Waals surface area contributed by atoms with Crippen LogP contribution in [-0.2, 0) is 9.59 Å². The fourth-order valence-electron chi connectivity index (χ4n) is 1.92. The van der Waals surface area contributed by atoms with Gasteiger partial charge in [-0.3, -0.25) is 4.79 Å². The van der Waals surface area contributed by atoms with Gasteiger partial charge in [0.2, 0.25) is 5.91 Å². The zero-order valence-corrected chi connectivity index (χ0v) is 13.1. The topological polar surface area (TPSA) is 92.4 Å². The van der Waals surface area contributed by atoms with E-state index in [1.807, 2.05) is 36.6 Å². The first kappa shape index (κ1) is 17.5. The summed E-state index contributed by atoms with van der Waals surface area (Å²) in [4.78, 5) is 23.3. The van der Waals surface area contributed by atoms with Crippen molar-refractivity contribution in [2.24, 2.45) is 11.7 Å². The maximum Gasteiger partial charge on any atom is 0.326 e. The summed E-state index contributed by atoms with van der Waals surface area (Å²) < 4.78 is 0. The van der Waals surface area contributed by atoms with E-state index in [0.717, 1.165) is 5.56 Å². The van der Waals surface area contributed by atoms with Crippen molar-refractivity contribution in [3.05, 3.63) is 35.9 Å². The van der Waals surface area contributed by atoms with E-state index in [0.29, 0.717) is 12.2 Å². The molecule has 6 heteroatoms. The molecule has 0 bridgehead atoms. The van der Waals surface area contributed by atoms with Gasteiger partial charge >= 0.3 is 5.97 Å². The zero-order chi connectivity index (χ0) is 15.8. The lowest BCUT2D eigenvalue weighted by Gasteiger charge is -2.22. The molecule has 116 valence electrons. The van der Waals surface area contributed by atoms with E-state index in [9.17, 15) is 9.59 Å². The molecule has 0 heterocycles. The van der Waals surface area contributed by atoms with E-state index < -0.39 is 24.0 Å². The van der Waals surface area contributed by atoms with Crippen molar-refractivity contribution in [3.8, 4) is 0 Å². The first-order chi connectivity index (χ1) is 9.97. The maximum atomic E-state index is 12.2. The predicted molar refractivity (Wildman–Crippen MR) is 85.1 cm³/mol. The quantitative estimate of drug-likeness (QED) is 0.679. The van der Waals surface area contributed by atoms with Gasteiger partial charge in [-0.05, 0) is 24.0 Å². The van der Waals surface area contributed by atoms with Gasteiger partial charge in [0, 0.05) is 6.04 Å². The molecular formula is C15H22N2O3S. The van der Waals surface area contributed by atoms with Gasteiger partial charge in [0.15, 0.2) is 0 Å². The second kappa shape index (κ2) is 8.69. The van der Waals surface area contributed by atoms with Crippen LogP contribution in [-0.4, -0.2) is 35.0 Å². The standard InChI is InChI=1S/C15H22N2O3S/c1-10(13(16)11-6-4-3-5-7-11)14(18)17-12(15(19)20)8-9-21-2/h3-7,10,12-13H,8-9,16H2,1-2H3,(H,17,18)(H,19,20). The molecule has 0 aliphatic rings. The van der Waals surface area contributed by atoms with E-state index in [2.05, 4.69) is 5.32 Å². The van der Waals surface area contributed by atoms with Crippen LogP contribution in [0.5, 0.6) is 0 Å². The van der Waals surface area contributed by atoms with Crippen LogP contribution in [0.4, 0.5) is 0 Å². The molecule has 0 saturated heterocycles. The Morgan fingerprint density at radius 2 is 1.95 bits per heavy atom. The Morgan fingerprint density at radius 1 is 1.33 bits per heavy atom. The van der Waals surface area contributed by atoms with Crippen molar-refractivity contribution in [1.82, 2.24) is 5.32 Å². The minimum Gasteiger partial charge on any atom is -0.480 e. The maximum absolute atomic E-state index is 12.2. The van der Waals surface area contributed by atoms with Crippen molar-refractivity contribution >= 4 is 23.6 Å². The number of amides is 1. The molecule has 3 atom stereocenters. The number of carboxylic acids is 1. The average molecular weight is 310 g/mol. The molecule has 0 spiro atoms. The molecule has 0 radical (unpaired) electrons. The molecule has 0 aromatic heterocycles. The van der Waals surface area contributed by atoms with Gasteiger partial charge < -0.3 is 16.2 Å². The highest BCUT2D eigenvalue weighted by atomic mass is 32.2. The third-order valence-electron chi connectivity index (χ3n) is 3.36. The highest BCUT2D eigenvalue weighted by Gasteiger charge is 2.26. The summed E-state index contributed by atoms with van der Waals surface area (Å²) in [7, 11) is 0. The largest absolute Gasteiger partial charge is 0.480 e. The Morgan fingerprint density at radius 3 is 2.48 bits per heavy atom. The Balaban J connectivity index is 2.66. The number of nitrogens with one attached hydrogen (secondary N) is 1. The van der Waals surface area contributed by atoms with Gasteiger partial charge in [0.05, 0.1) is 5.92 Å². The number of carbonyl (C=O) groups is 2. The SMILES string of the molecule is CSCCC(NC(=O)C(C)C(N)c1ccccc1)C(=O)O. The van der Waals surface area contributed by atoms with Crippen LogP contribution in [0.1, 0.15) is 24.9 Å². The van der Waals surface area contributed by atoms with Gasteiger partial charge in [-0.2, -0.15) is 11.8 Å². The monoisotopic (exact) mass is 310 g/mol. The highest BCUT2D eigenvalue weighted by molar-refractivity contribution is 7.98. The Bertz CT molecular complexity index is 467. The summed E-state index contributed by atoms with van der Waals surface area (Å²) in [6.45, 7) is 1.71. The molecule has 0 aliphatic heterocycles. The van der Waals surface area contributed by atoms with Crippen LogP contribution < -0.4 is 11.1 Å². The number of nitrogens with two attached hydrogens (primary N) is 1. The van der Waals surface area contributed by atoms with E-state index >= 15 is 0 Å². The number of rotatable bonds is 8. The molecule has 1 aromatic rings.